The van der Waals surface area contributed by atoms with Gasteiger partial charge in [0.25, 0.3) is 5.91 Å². The minimum absolute atomic E-state index is 0.00557. The lowest BCUT2D eigenvalue weighted by atomic mass is 9.98. The lowest BCUT2D eigenvalue weighted by Gasteiger charge is -2.29. The second-order valence-electron chi connectivity index (χ2n) is 9.57. The van der Waals surface area contributed by atoms with Crippen molar-refractivity contribution in [2.24, 2.45) is 0 Å². The average Bonchev–Trinajstić information content (AvgIpc) is 3.42. The monoisotopic (exact) mass is 533 g/mol. The number of hydrogen-bond acceptors (Lipinski definition) is 6. The van der Waals surface area contributed by atoms with Gasteiger partial charge in [-0.1, -0.05) is 48.5 Å². The van der Waals surface area contributed by atoms with Gasteiger partial charge in [-0.2, -0.15) is 0 Å². The summed E-state index contributed by atoms with van der Waals surface area (Å²) in [7, 11) is 0. The van der Waals surface area contributed by atoms with E-state index < -0.39 is 35.8 Å². The summed E-state index contributed by atoms with van der Waals surface area (Å²) < 4.78 is 39.2. The number of aryl methyl sites for hydroxylation is 1. The molecule has 0 radical (unpaired) electrons. The Balaban J connectivity index is 1.33. The Bertz CT molecular complexity index is 1440. The predicted octanol–water partition coefficient (Wildman–Crippen LogP) is 4.49. The fraction of sp³-hybridized carbons (Fsp3) is 0.267. The van der Waals surface area contributed by atoms with E-state index in [0.717, 1.165) is 18.1 Å². The number of amides is 1. The van der Waals surface area contributed by atoms with Gasteiger partial charge in [-0.3, -0.25) is 4.79 Å². The number of benzene rings is 3. The van der Waals surface area contributed by atoms with E-state index in [1.807, 2.05) is 18.2 Å². The molecule has 1 amide bonds. The van der Waals surface area contributed by atoms with Crippen LogP contribution in [0.3, 0.4) is 0 Å². The molecule has 1 aliphatic heterocycles. The minimum Gasteiger partial charge on any atom is -0.475 e. The van der Waals surface area contributed by atoms with Gasteiger partial charge >= 0.3 is 0 Å². The predicted molar refractivity (Wildman–Crippen MR) is 141 cm³/mol. The molecule has 0 saturated carbocycles. The second kappa shape index (κ2) is 11.8. The van der Waals surface area contributed by atoms with Crippen LogP contribution in [0.15, 0.2) is 77.4 Å². The molecule has 9 heteroatoms. The summed E-state index contributed by atoms with van der Waals surface area (Å²) in [5, 5.41) is 21.0. The van der Waals surface area contributed by atoms with Crippen molar-refractivity contribution in [1.82, 2.24) is 15.8 Å². The summed E-state index contributed by atoms with van der Waals surface area (Å²) in [6.07, 6.45) is 0.178. The summed E-state index contributed by atoms with van der Waals surface area (Å²) in [6.45, 7) is 2.72. The van der Waals surface area contributed by atoms with E-state index in [1.54, 1.807) is 18.2 Å². The number of aliphatic hydroxyl groups excluding tert-OH is 1. The van der Waals surface area contributed by atoms with Gasteiger partial charge in [-0.25, -0.2) is 8.78 Å². The van der Waals surface area contributed by atoms with E-state index in [1.165, 1.54) is 23.9 Å². The third-order valence-electron chi connectivity index (χ3n) is 6.75. The van der Waals surface area contributed by atoms with E-state index >= 15 is 0 Å². The number of fused-ring (bicyclic) bond motifs is 3. The van der Waals surface area contributed by atoms with Crippen LogP contribution in [-0.2, 0) is 24.2 Å². The number of hydrogen-bond donors (Lipinski definition) is 3. The Morgan fingerprint density at radius 1 is 1.03 bits per heavy atom. The SMILES string of the molecule is CCc1cccc(CNC[C@@H](O)[C@H](Cc2cc(F)cc(F)c2)NC(=O)C2Oc3ccccc3-c3oncc32)c1. The Hall–Kier alpha value is -4.08. The van der Waals surface area contributed by atoms with Crippen LogP contribution in [0, 0.1) is 11.6 Å². The zero-order valence-corrected chi connectivity index (χ0v) is 21.4. The minimum atomic E-state index is -1.08. The topological polar surface area (TPSA) is 96.6 Å². The highest BCUT2D eigenvalue weighted by Crippen LogP contribution is 2.42. The Morgan fingerprint density at radius 2 is 1.79 bits per heavy atom. The van der Waals surface area contributed by atoms with Gasteiger partial charge in [-0.15, -0.1) is 0 Å². The van der Waals surface area contributed by atoms with Crippen molar-refractivity contribution in [3.05, 3.63) is 107 Å². The van der Waals surface area contributed by atoms with Crippen molar-refractivity contribution >= 4 is 5.91 Å². The highest BCUT2D eigenvalue weighted by molar-refractivity contribution is 5.87. The van der Waals surface area contributed by atoms with Crippen LogP contribution in [0.5, 0.6) is 5.75 Å². The maximum atomic E-state index is 13.9. The molecule has 5 rings (SSSR count). The summed E-state index contributed by atoms with van der Waals surface area (Å²) in [6, 6.07) is 17.5. The summed E-state index contributed by atoms with van der Waals surface area (Å²) in [4.78, 5) is 13.5. The van der Waals surface area contributed by atoms with Gasteiger partial charge in [0.05, 0.1) is 29.5 Å². The van der Waals surface area contributed by atoms with Gasteiger partial charge in [0.2, 0.25) is 6.10 Å². The van der Waals surface area contributed by atoms with Crippen molar-refractivity contribution in [1.29, 1.82) is 0 Å². The quantitative estimate of drug-likeness (QED) is 0.278. The molecule has 1 aliphatic rings. The molecule has 0 aliphatic carbocycles. The first kappa shape index (κ1) is 26.5. The fourth-order valence-electron chi connectivity index (χ4n) is 4.77. The number of ether oxygens (including phenoxy) is 1. The first-order valence-corrected chi connectivity index (χ1v) is 12.8. The van der Waals surface area contributed by atoms with Gasteiger partial charge in [-0.05, 0) is 53.8 Å². The van der Waals surface area contributed by atoms with E-state index in [2.05, 4.69) is 34.8 Å². The summed E-state index contributed by atoms with van der Waals surface area (Å²) in [5.74, 6) is -1.12. The Kier molecular flexibility index (Phi) is 7.99. The Labute approximate surface area is 224 Å². The molecule has 0 fully saturated rings. The smallest absolute Gasteiger partial charge is 0.266 e. The van der Waals surface area contributed by atoms with Crippen molar-refractivity contribution < 1.29 is 27.9 Å². The maximum absolute atomic E-state index is 13.9. The second-order valence-corrected chi connectivity index (χ2v) is 9.57. The molecule has 39 heavy (non-hydrogen) atoms. The van der Waals surface area contributed by atoms with E-state index in [4.69, 9.17) is 9.26 Å². The normalized spacial score (nSPS) is 15.5. The molecule has 0 spiro atoms. The van der Waals surface area contributed by atoms with Gasteiger partial charge in [0.1, 0.15) is 17.4 Å². The average molecular weight is 534 g/mol. The van der Waals surface area contributed by atoms with Gasteiger partial charge < -0.3 is 25.0 Å². The van der Waals surface area contributed by atoms with E-state index in [0.29, 0.717) is 34.7 Å². The molecule has 3 atom stereocenters. The molecule has 7 nitrogen and oxygen atoms in total. The van der Waals surface area contributed by atoms with Crippen LogP contribution >= 0.6 is 0 Å². The highest BCUT2D eigenvalue weighted by atomic mass is 19.1. The van der Waals surface area contributed by atoms with Crippen LogP contribution in [0.2, 0.25) is 0 Å². The van der Waals surface area contributed by atoms with Crippen LogP contribution in [0.4, 0.5) is 8.78 Å². The first-order valence-electron chi connectivity index (χ1n) is 12.8. The number of rotatable bonds is 10. The molecule has 0 saturated heterocycles. The lowest BCUT2D eigenvalue weighted by Crippen LogP contribution is -2.50. The number of carbonyl (C=O) groups is 1. The number of para-hydroxylation sites is 1. The van der Waals surface area contributed by atoms with Crippen LogP contribution in [0.25, 0.3) is 11.3 Å². The maximum Gasteiger partial charge on any atom is 0.266 e. The van der Waals surface area contributed by atoms with E-state index in [-0.39, 0.29) is 13.0 Å². The van der Waals surface area contributed by atoms with Gasteiger partial charge in [0.15, 0.2) is 5.76 Å². The number of carbonyl (C=O) groups excluding carboxylic acids is 1. The van der Waals surface area contributed by atoms with Crippen molar-refractivity contribution in [3.8, 4) is 17.1 Å². The van der Waals surface area contributed by atoms with Crippen LogP contribution in [-0.4, -0.2) is 34.9 Å². The molecule has 4 aromatic rings. The zero-order valence-electron chi connectivity index (χ0n) is 21.4. The first-order chi connectivity index (χ1) is 18.9. The molecule has 2 heterocycles. The van der Waals surface area contributed by atoms with E-state index in [9.17, 15) is 18.7 Å². The standard InChI is InChI=1S/C30H29F2N3O4/c1-2-18-6-5-7-19(10-18)15-33-17-26(36)25(13-20-11-21(31)14-22(32)12-20)35-30(37)29-24-16-34-39-28(24)23-8-3-4-9-27(23)38-29/h3-12,14,16,25-26,29,33,36H,2,13,15,17H2,1H3,(H,35,37)/t25-,26+,29?/m0/s1. The largest absolute Gasteiger partial charge is 0.475 e. The number of aromatic nitrogens is 1. The molecule has 1 aromatic heterocycles. The Morgan fingerprint density at radius 3 is 2.59 bits per heavy atom. The molecule has 3 N–H and O–H groups in total. The van der Waals surface area contributed by atoms with Crippen molar-refractivity contribution in [2.75, 3.05) is 6.54 Å². The lowest BCUT2D eigenvalue weighted by molar-refractivity contribution is -0.130. The van der Waals surface area contributed by atoms with Crippen LogP contribution < -0.4 is 15.4 Å². The van der Waals surface area contributed by atoms with Crippen molar-refractivity contribution in [3.63, 3.8) is 0 Å². The van der Waals surface area contributed by atoms with Gasteiger partial charge in [0, 0.05) is 19.2 Å². The number of aliphatic hydroxyl groups is 1. The number of halogens is 2. The fourth-order valence-corrected chi connectivity index (χ4v) is 4.77. The third-order valence-corrected chi connectivity index (χ3v) is 6.75. The summed E-state index contributed by atoms with van der Waals surface area (Å²) in [5.41, 5.74) is 3.69. The summed E-state index contributed by atoms with van der Waals surface area (Å²) >= 11 is 0. The molecular weight excluding hydrogens is 504 g/mol. The molecule has 202 valence electrons. The van der Waals surface area contributed by atoms with Crippen LogP contribution in [0.1, 0.15) is 35.3 Å². The highest BCUT2D eigenvalue weighted by Gasteiger charge is 2.36. The number of nitrogens with one attached hydrogen (secondary N) is 2. The molecule has 0 bridgehead atoms. The molecule has 1 unspecified atom stereocenters. The third kappa shape index (κ3) is 6.16. The molecular formula is C30H29F2N3O4. The molecule has 3 aromatic carbocycles. The van der Waals surface area contributed by atoms with Crippen molar-refractivity contribution in [2.45, 2.75) is 44.6 Å². The number of nitrogens with zero attached hydrogens (tertiary/aromatic N) is 1. The zero-order chi connectivity index (χ0) is 27.4.